The number of thiazole rings is 1. The van der Waals surface area contributed by atoms with Gasteiger partial charge in [0.05, 0.1) is 5.69 Å². The van der Waals surface area contributed by atoms with Crippen molar-refractivity contribution in [3.63, 3.8) is 0 Å². The molecule has 4 nitrogen and oxygen atoms in total. The second-order valence-electron chi connectivity index (χ2n) is 7.62. The molecule has 0 aliphatic heterocycles. The zero-order valence-electron chi connectivity index (χ0n) is 15.4. The molecule has 25 heavy (non-hydrogen) atoms. The van der Waals surface area contributed by atoms with E-state index in [-0.39, 0.29) is 11.3 Å². The Labute approximate surface area is 153 Å². The van der Waals surface area contributed by atoms with Crippen LogP contribution < -0.4 is 10.1 Å². The fourth-order valence-electron chi connectivity index (χ4n) is 2.90. The number of rotatable bonds is 4. The Balaban J connectivity index is 1.60. The Kier molecular flexibility index (Phi) is 5.13. The molecule has 3 rings (SSSR count). The van der Waals surface area contributed by atoms with E-state index in [9.17, 15) is 4.79 Å². The largest absolute Gasteiger partial charge is 0.481 e. The number of aromatic nitrogens is 1. The number of nitrogens with one attached hydrogen (secondary N) is 1. The van der Waals surface area contributed by atoms with Crippen molar-refractivity contribution in [2.75, 3.05) is 5.32 Å². The summed E-state index contributed by atoms with van der Waals surface area (Å²) >= 11 is 1.59. The lowest BCUT2D eigenvalue weighted by Gasteiger charge is -2.20. The first-order valence-corrected chi connectivity index (χ1v) is 9.71. The van der Waals surface area contributed by atoms with Crippen LogP contribution in [0.1, 0.15) is 56.7 Å². The second kappa shape index (κ2) is 7.16. The van der Waals surface area contributed by atoms with E-state index < -0.39 is 6.10 Å². The molecule has 0 saturated carbocycles. The molecule has 1 heterocycles. The molecule has 1 aliphatic rings. The summed E-state index contributed by atoms with van der Waals surface area (Å²) in [5.41, 5.74) is 2.49. The molecular formula is C20H26N2O2S. The first-order valence-electron chi connectivity index (χ1n) is 8.89. The van der Waals surface area contributed by atoms with Crippen molar-refractivity contribution in [2.45, 2.75) is 64.9 Å². The molecule has 1 amide bonds. The molecular weight excluding hydrogens is 332 g/mol. The van der Waals surface area contributed by atoms with Crippen LogP contribution in [-0.4, -0.2) is 17.0 Å². The fourth-order valence-corrected chi connectivity index (χ4v) is 3.96. The fraction of sp³-hybridized carbons (Fsp3) is 0.500. The summed E-state index contributed by atoms with van der Waals surface area (Å²) in [5.74, 6) is 0.542. The normalized spacial score (nSPS) is 15.4. The molecule has 1 aliphatic carbocycles. The second-order valence-corrected chi connectivity index (χ2v) is 8.70. The number of aryl methyl sites for hydroxylation is 2. The number of carbonyl (C=O) groups excluding carboxylic acids is 1. The Morgan fingerprint density at radius 3 is 2.52 bits per heavy atom. The summed E-state index contributed by atoms with van der Waals surface area (Å²) in [6.45, 7) is 8.28. The van der Waals surface area contributed by atoms with Gasteiger partial charge in [-0.15, -0.1) is 11.3 Å². The van der Waals surface area contributed by atoms with Crippen LogP contribution >= 0.6 is 11.3 Å². The first-order chi connectivity index (χ1) is 11.8. The van der Waals surface area contributed by atoms with Gasteiger partial charge in [-0.2, -0.15) is 0 Å². The van der Waals surface area contributed by atoms with Crippen LogP contribution in [-0.2, 0) is 23.1 Å². The number of benzene rings is 1. The molecule has 1 N–H and O–H groups in total. The first kappa shape index (κ1) is 17.9. The minimum Gasteiger partial charge on any atom is -0.481 e. The Hall–Kier alpha value is -1.88. The molecule has 0 saturated heterocycles. The minimum absolute atomic E-state index is 0.103. The van der Waals surface area contributed by atoms with Gasteiger partial charge >= 0.3 is 0 Å². The summed E-state index contributed by atoms with van der Waals surface area (Å²) in [5, 5.41) is 3.59. The topological polar surface area (TPSA) is 51.2 Å². The molecule has 1 aromatic carbocycles. The van der Waals surface area contributed by atoms with Crippen LogP contribution in [0.4, 0.5) is 5.13 Å². The van der Waals surface area contributed by atoms with Crippen LogP contribution in [0, 0.1) is 0 Å². The van der Waals surface area contributed by atoms with E-state index in [1.54, 1.807) is 18.3 Å². The average molecular weight is 359 g/mol. The third-order valence-corrected chi connectivity index (χ3v) is 5.55. The van der Waals surface area contributed by atoms with E-state index in [1.807, 2.05) is 12.1 Å². The third-order valence-electron chi connectivity index (χ3n) is 4.48. The number of fused-ring (bicyclic) bond motifs is 1. The van der Waals surface area contributed by atoms with Crippen molar-refractivity contribution in [3.8, 4) is 5.75 Å². The van der Waals surface area contributed by atoms with Crippen molar-refractivity contribution >= 4 is 22.4 Å². The van der Waals surface area contributed by atoms with Crippen molar-refractivity contribution in [1.82, 2.24) is 4.98 Å². The number of amides is 1. The van der Waals surface area contributed by atoms with Crippen LogP contribution in [0.15, 0.2) is 24.3 Å². The molecule has 1 unspecified atom stereocenters. The molecule has 134 valence electrons. The lowest BCUT2D eigenvalue weighted by molar-refractivity contribution is -0.122. The number of nitrogens with zero attached hydrogens (tertiary/aromatic N) is 1. The third kappa shape index (κ3) is 4.40. The van der Waals surface area contributed by atoms with Gasteiger partial charge in [0.2, 0.25) is 0 Å². The van der Waals surface area contributed by atoms with Gasteiger partial charge in [-0.25, -0.2) is 4.98 Å². The number of ether oxygens (including phenoxy) is 1. The zero-order chi connectivity index (χ0) is 18.0. The minimum atomic E-state index is -0.568. The van der Waals surface area contributed by atoms with E-state index in [0.717, 1.165) is 18.5 Å². The quantitative estimate of drug-likeness (QED) is 0.860. The molecule has 1 aromatic heterocycles. The predicted molar refractivity (Wildman–Crippen MR) is 103 cm³/mol. The monoisotopic (exact) mass is 358 g/mol. The summed E-state index contributed by atoms with van der Waals surface area (Å²) < 4.78 is 5.78. The van der Waals surface area contributed by atoms with Crippen molar-refractivity contribution in [1.29, 1.82) is 0 Å². The van der Waals surface area contributed by atoms with Gasteiger partial charge in [0.15, 0.2) is 11.2 Å². The summed E-state index contributed by atoms with van der Waals surface area (Å²) in [4.78, 5) is 18.2. The van der Waals surface area contributed by atoms with Gasteiger partial charge in [0.25, 0.3) is 5.91 Å². The average Bonchev–Trinajstić information content (AvgIpc) is 2.96. The SMILES string of the molecule is CC(Oc1ccc(C(C)(C)C)cc1)C(=O)Nc1nc2c(s1)CCCC2. The Morgan fingerprint density at radius 2 is 1.88 bits per heavy atom. The predicted octanol–water partition coefficient (Wildman–Crippen LogP) is 4.73. The lowest BCUT2D eigenvalue weighted by atomic mass is 9.87. The highest BCUT2D eigenvalue weighted by Gasteiger charge is 2.20. The molecule has 0 radical (unpaired) electrons. The van der Waals surface area contributed by atoms with Gasteiger partial charge < -0.3 is 4.74 Å². The van der Waals surface area contributed by atoms with Crippen molar-refractivity contribution in [2.24, 2.45) is 0 Å². The zero-order valence-corrected chi connectivity index (χ0v) is 16.2. The lowest BCUT2D eigenvalue weighted by Crippen LogP contribution is -2.30. The summed E-state index contributed by atoms with van der Waals surface area (Å²) in [7, 11) is 0. The van der Waals surface area contributed by atoms with E-state index in [0.29, 0.717) is 10.9 Å². The maximum absolute atomic E-state index is 12.4. The molecule has 0 fully saturated rings. The Morgan fingerprint density at radius 1 is 1.20 bits per heavy atom. The highest BCUT2D eigenvalue weighted by atomic mass is 32.1. The number of hydrogen-bond donors (Lipinski definition) is 1. The van der Waals surface area contributed by atoms with Crippen LogP contribution in [0.5, 0.6) is 5.75 Å². The van der Waals surface area contributed by atoms with E-state index in [4.69, 9.17) is 4.74 Å². The van der Waals surface area contributed by atoms with Gasteiger partial charge in [0.1, 0.15) is 5.75 Å². The van der Waals surface area contributed by atoms with Crippen LogP contribution in [0.2, 0.25) is 0 Å². The van der Waals surface area contributed by atoms with E-state index in [1.165, 1.54) is 23.3 Å². The Bertz CT molecular complexity index is 721. The maximum Gasteiger partial charge on any atom is 0.266 e. The smallest absolute Gasteiger partial charge is 0.266 e. The highest BCUT2D eigenvalue weighted by molar-refractivity contribution is 7.15. The van der Waals surface area contributed by atoms with Gasteiger partial charge in [-0.3, -0.25) is 10.1 Å². The molecule has 0 bridgehead atoms. The van der Waals surface area contributed by atoms with E-state index >= 15 is 0 Å². The van der Waals surface area contributed by atoms with Crippen LogP contribution in [0.25, 0.3) is 0 Å². The molecule has 2 aromatic rings. The van der Waals surface area contributed by atoms with Crippen molar-refractivity contribution < 1.29 is 9.53 Å². The molecule has 0 spiro atoms. The number of hydrogen-bond acceptors (Lipinski definition) is 4. The number of anilines is 1. The van der Waals surface area contributed by atoms with Gasteiger partial charge in [0, 0.05) is 4.88 Å². The van der Waals surface area contributed by atoms with Gasteiger partial charge in [-0.05, 0) is 55.7 Å². The van der Waals surface area contributed by atoms with Crippen LogP contribution in [0.3, 0.4) is 0 Å². The van der Waals surface area contributed by atoms with Crippen molar-refractivity contribution in [3.05, 3.63) is 40.4 Å². The summed E-state index contributed by atoms with van der Waals surface area (Å²) in [6.07, 6.45) is 3.94. The highest BCUT2D eigenvalue weighted by Crippen LogP contribution is 2.30. The van der Waals surface area contributed by atoms with Gasteiger partial charge in [-0.1, -0.05) is 32.9 Å². The standard InChI is InChI=1S/C20H26N2O2S/c1-13(24-15-11-9-14(10-12-15)20(2,3)4)18(23)22-19-21-16-7-5-6-8-17(16)25-19/h9-13H,5-8H2,1-4H3,(H,21,22,23). The van der Waals surface area contributed by atoms with E-state index in [2.05, 4.69) is 43.2 Å². The molecule has 5 heteroatoms. The molecule has 1 atom stereocenters. The maximum atomic E-state index is 12.4. The summed E-state index contributed by atoms with van der Waals surface area (Å²) in [6, 6.07) is 7.95. The number of carbonyl (C=O) groups is 1.